The largest absolute Gasteiger partial charge is 0.385 e. The van der Waals surface area contributed by atoms with Crippen molar-refractivity contribution in [3.63, 3.8) is 0 Å². The van der Waals surface area contributed by atoms with Crippen LogP contribution in [0.4, 0.5) is 4.39 Å². The number of benzene rings is 1. The number of aromatic nitrogens is 2. The second-order valence-corrected chi connectivity index (χ2v) is 7.88. The van der Waals surface area contributed by atoms with Gasteiger partial charge < -0.3 is 14.2 Å². The third-order valence-electron chi connectivity index (χ3n) is 5.79. The average Bonchev–Trinajstić information content (AvgIpc) is 3.29. The molecule has 1 saturated heterocycles. The summed E-state index contributed by atoms with van der Waals surface area (Å²) in [6.45, 7) is 1.45. The quantitative estimate of drug-likeness (QED) is 0.753. The van der Waals surface area contributed by atoms with Gasteiger partial charge in [-0.15, -0.1) is 0 Å². The summed E-state index contributed by atoms with van der Waals surface area (Å²) in [4.78, 5) is 30.7. The summed E-state index contributed by atoms with van der Waals surface area (Å²) in [5.41, 5.74) is 2.81. The Kier molecular flexibility index (Phi) is 6.08. The molecule has 164 valence electrons. The SMILES string of the molecule is COCCC1(c2noc(-c3ccc(F)cc3)n2)CCCN(C(=O)C2=NNC(=O)CC2)C1. The lowest BCUT2D eigenvalue weighted by Crippen LogP contribution is -2.52. The lowest BCUT2D eigenvalue weighted by molar-refractivity contribution is -0.127. The molecule has 0 spiro atoms. The van der Waals surface area contributed by atoms with E-state index in [1.807, 2.05) is 0 Å². The molecule has 1 aromatic heterocycles. The molecule has 1 N–H and O–H groups in total. The molecule has 2 aliphatic heterocycles. The van der Waals surface area contributed by atoms with Crippen LogP contribution >= 0.6 is 0 Å². The van der Waals surface area contributed by atoms with Crippen molar-refractivity contribution in [1.29, 1.82) is 0 Å². The van der Waals surface area contributed by atoms with Gasteiger partial charge in [0, 0.05) is 45.2 Å². The van der Waals surface area contributed by atoms with Crippen LogP contribution in [0, 0.1) is 5.82 Å². The highest BCUT2D eigenvalue weighted by molar-refractivity contribution is 6.39. The van der Waals surface area contributed by atoms with Crippen LogP contribution < -0.4 is 5.43 Å². The van der Waals surface area contributed by atoms with Gasteiger partial charge in [0.25, 0.3) is 11.8 Å². The number of methoxy groups -OCH3 is 1. The van der Waals surface area contributed by atoms with Crippen LogP contribution in [0.25, 0.3) is 11.5 Å². The van der Waals surface area contributed by atoms with E-state index < -0.39 is 5.41 Å². The van der Waals surface area contributed by atoms with Crippen LogP contribution in [-0.2, 0) is 19.7 Å². The molecule has 4 rings (SSSR count). The Morgan fingerprint density at radius 2 is 2.13 bits per heavy atom. The highest BCUT2D eigenvalue weighted by Gasteiger charge is 2.43. The van der Waals surface area contributed by atoms with Gasteiger partial charge in [0.2, 0.25) is 5.91 Å². The molecule has 31 heavy (non-hydrogen) atoms. The summed E-state index contributed by atoms with van der Waals surface area (Å²) >= 11 is 0. The van der Waals surface area contributed by atoms with Gasteiger partial charge in [-0.1, -0.05) is 5.16 Å². The highest BCUT2D eigenvalue weighted by Crippen LogP contribution is 2.37. The molecule has 0 radical (unpaired) electrons. The summed E-state index contributed by atoms with van der Waals surface area (Å²) < 4.78 is 24.0. The van der Waals surface area contributed by atoms with Gasteiger partial charge in [-0.25, -0.2) is 9.82 Å². The van der Waals surface area contributed by atoms with Gasteiger partial charge in [-0.05, 0) is 43.5 Å². The van der Waals surface area contributed by atoms with Crippen LogP contribution in [0.1, 0.15) is 37.9 Å². The van der Waals surface area contributed by atoms with E-state index in [0.717, 1.165) is 12.8 Å². The predicted molar refractivity (Wildman–Crippen MR) is 108 cm³/mol. The zero-order valence-corrected chi connectivity index (χ0v) is 17.3. The van der Waals surface area contributed by atoms with Crippen LogP contribution in [0.5, 0.6) is 0 Å². The lowest BCUT2D eigenvalue weighted by atomic mass is 9.76. The zero-order chi connectivity index (χ0) is 21.8. The van der Waals surface area contributed by atoms with Crippen molar-refractivity contribution in [2.45, 2.75) is 37.5 Å². The Balaban J connectivity index is 1.59. The van der Waals surface area contributed by atoms with Crippen molar-refractivity contribution in [3.05, 3.63) is 35.9 Å². The molecule has 10 heteroatoms. The average molecular weight is 429 g/mol. The minimum absolute atomic E-state index is 0.190. The summed E-state index contributed by atoms with van der Waals surface area (Å²) in [6.07, 6.45) is 2.71. The lowest BCUT2D eigenvalue weighted by Gasteiger charge is -2.41. The number of ether oxygens (including phenoxy) is 1. The number of likely N-dealkylation sites (tertiary alicyclic amines) is 1. The van der Waals surface area contributed by atoms with Crippen molar-refractivity contribution in [1.82, 2.24) is 20.5 Å². The Morgan fingerprint density at radius 3 is 2.84 bits per heavy atom. The zero-order valence-electron chi connectivity index (χ0n) is 17.3. The maximum atomic E-state index is 13.2. The van der Waals surface area contributed by atoms with Gasteiger partial charge >= 0.3 is 0 Å². The number of nitrogens with zero attached hydrogens (tertiary/aromatic N) is 4. The maximum Gasteiger partial charge on any atom is 0.270 e. The van der Waals surface area contributed by atoms with E-state index in [1.165, 1.54) is 12.1 Å². The van der Waals surface area contributed by atoms with Gasteiger partial charge in [-0.3, -0.25) is 9.59 Å². The molecule has 9 nitrogen and oxygen atoms in total. The minimum atomic E-state index is -0.538. The molecule has 2 aromatic rings. The summed E-state index contributed by atoms with van der Waals surface area (Å²) in [5, 5.41) is 8.16. The van der Waals surface area contributed by atoms with Crippen LogP contribution in [0.3, 0.4) is 0 Å². The monoisotopic (exact) mass is 429 g/mol. The first-order chi connectivity index (χ1) is 15.0. The first kappa shape index (κ1) is 21.1. The molecule has 1 fully saturated rings. The molecular weight excluding hydrogens is 405 g/mol. The Hall–Kier alpha value is -3.14. The van der Waals surface area contributed by atoms with E-state index >= 15 is 0 Å². The molecule has 1 unspecified atom stereocenters. The molecule has 0 aliphatic carbocycles. The van der Waals surface area contributed by atoms with Crippen molar-refractivity contribution in [2.75, 3.05) is 26.8 Å². The number of rotatable bonds is 6. The fourth-order valence-electron chi connectivity index (χ4n) is 4.06. The number of nitrogens with one attached hydrogen (secondary N) is 1. The number of hydrogen-bond acceptors (Lipinski definition) is 7. The Labute approximate surface area is 178 Å². The normalized spacial score (nSPS) is 21.5. The van der Waals surface area contributed by atoms with Crippen molar-refractivity contribution < 1.29 is 23.2 Å². The summed E-state index contributed by atoms with van der Waals surface area (Å²) in [7, 11) is 1.62. The topological polar surface area (TPSA) is 110 Å². The highest BCUT2D eigenvalue weighted by atomic mass is 19.1. The first-order valence-corrected chi connectivity index (χ1v) is 10.2. The number of hydrogen-bond donors (Lipinski definition) is 1. The number of hydrazone groups is 1. The summed E-state index contributed by atoms with van der Waals surface area (Å²) in [6, 6.07) is 5.84. The van der Waals surface area contributed by atoms with E-state index in [1.54, 1.807) is 24.1 Å². The van der Waals surface area contributed by atoms with Crippen molar-refractivity contribution >= 4 is 17.5 Å². The van der Waals surface area contributed by atoms with Crippen molar-refractivity contribution in [2.24, 2.45) is 5.10 Å². The first-order valence-electron chi connectivity index (χ1n) is 10.2. The van der Waals surface area contributed by atoms with E-state index in [4.69, 9.17) is 9.26 Å². The smallest absolute Gasteiger partial charge is 0.270 e. The fourth-order valence-corrected chi connectivity index (χ4v) is 4.06. The Bertz CT molecular complexity index is 990. The molecule has 3 heterocycles. The summed E-state index contributed by atoms with van der Waals surface area (Å²) in [5.74, 6) is 0.0756. The molecule has 1 atom stereocenters. The number of halogens is 1. The van der Waals surface area contributed by atoms with Crippen LogP contribution in [-0.4, -0.2) is 59.4 Å². The second kappa shape index (κ2) is 8.93. The number of carbonyl (C=O) groups is 2. The molecule has 1 aromatic carbocycles. The van der Waals surface area contributed by atoms with E-state index in [0.29, 0.717) is 55.5 Å². The molecule has 2 amide bonds. The molecule has 0 bridgehead atoms. The van der Waals surface area contributed by atoms with E-state index in [-0.39, 0.29) is 24.1 Å². The maximum absolute atomic E-state index is 13.2. The molecule has 2 aliphatic rings. The third-order valence-corrected chi connectivity index (χ3v) is 5.79. The van der Waals surface area contributed by atoms with E-state index in [9.17, 15) is 14.0 Å². The number of piperidine rings is 1. The standard InChI is InChI=1S/C21H24FN5O4/c1-30-12-10-21(20-23-18(31-26-20)14-3-5-15(22)6-4-14)9-2-11-27(13-21)19(29)16-7-8-17(28)25-24-16/h3-6H,2,7-13H2,1H3,(H,25,28). The van der Waals surface area contributed by atoms with Gasteiger partial charge in [0.15, 0.2) is 5.82 Å². The minimum Gasteiger partial charge on any atom is -0.385 e. The predicted octanol–water partition coefficient (Wildman–Crippen LogP) is 2.04. The number of amides is 2. The van der Waals surface area contributed by atoms with Crippen LogP contribution in [0.15, 0.2) is 33.9 Å². The fraction of sp³-hybridized carbons (Fsp3) is 0.476. The van der Waals surface area contributed by atoms with Gasteiger partial charge in [0.1, 0.15) is 11.5 Å². The number of carbonyl (C=O) groups excluding carboxylic acids is 2. The second-order valence-electron chi connectivity index (χ2n) is 7.88. The third kappa shape index (κ3) is 4.48. The molecule has 0 saturated carbocycles. The van der Waals surface area contributed by atoms with Crippen LogP contribution in [0.2, 0.25) is 0 Å². The Morgan fingerprint density at radius 1 is 1.32 bits per heavy atom. The van der Waals surface area contributed by atoms with Crippen molar-refractivity contribution in [3.8, 4) is 11.5 Å². The van der Waals surface area contributed by atoms with Gasteiger partial charge in [-0.2, -0.15) is 10.1 Å². The van der Waals surface area contributed by atoms with Gasteiger partial charge in [0.05, 0.1) is 5.41 Å². The molecular formula is C21H24FN5O4. The van der Waals surface area contributed by atoms with E-state index in [2.05, 4.69) is 20.7 Å².